The Labute approximate surface area is 157 Å². The smallest absolute Gasteiger partial charge is 0.251 e. The highest BCUT2D eigenvalue weighted by Crippen LogP contribution is 2.62. The fourth-order valence-electron chi connectivity index (χ4n) is 5.77. The van der Waals surface area contributed by atoms with Crippen molar-refractivity contribution in [3.8, 4) is 0 Å². The molecular weight excluding hydrogens is 324 g/mol. The second kappa shape index (κ2) is 6.26. The van der Waals surface area contributed by atoms with Crippen LogP contribution in [-0.2, 0) is 4.74 Å². The third-order valence-electron chi connectivity index (χ3n) is 7.37. The van der Waals surface area contributed by atoms with Gasteiger partial charge in [-0.25, -0.2) is 0 Å². The first-order valence-corrected chi connectivity index (χ1v) is 10.1. The number of aryl methyl sites for hydroxylation is 1. The summed E-state index contributed by atoms with van der Waals surface area (Å²) < 4.78 is 5.47. The topological polar surface area (TPSA) is 41.6 Å². The van der Waals surface area contributed by atoms with E-state index in [-0.39, 0.29) is 22.8 Å². The van der Waals surface area contributed by atoms with Crippen molar-refractivity contribution in [3.63, 3.8) is 0 Å². The lowest BCUT2D eigenvalue weighted by molar-refractivity contribution is 0.0737. The lowest BCUT2D eigenvalue weighted by atomic mass is 9.68. The first kappa shape index (κ1) is 17.8. The minimum atomic E-state index is 0.0753. The minimum absolute atomic E-state index is 0.0753. The van der Waals surface area contributed by atoms with E-state index in [1.165, 1.54) is 30.5 Å². The molecule has 4 nitrogen and oxygen atoms in total. The number of anilines is 1. The maximum Gasteiger partial charge on any atom is 0.251 e. The van der Waals surface area contributed by atoms with Gasteiger partial charge in [0, 0.05) is 30.4 Å². The summed E-state index contributed by atoms with van der Waals surface area (Å²) in [7, 11) is 0. The molecule has 3 aliphatic rings. The molecule has 4 heteroatoms. The van der Waals surface area contributed by atoms with Crippen molar-refractivity contribution in [2.75, 3.05) is 31.2 Å². The molecule has 1 saturated heterocycles. The van der Waals surface area contributed by atoms with Crippen molar-refractivity contribution in [2.24, 2.45) is 16.7 Å². The Balaban J connectivity index is 1.55. The molecule has 0 spiro atoms. The van der Waals surface area contributed by atoms with Gasteiger partial charge in [-0.2, -0.15) is 0 Å². The van der Waals surface area contributed by atoms with Gasteiger partial charge in [0.25, 0.3) is 5.91 Å². The Kier molecular flexibility index (Phi) is 4.30. The highest BCUT2D eigenvalue weighted by atomic mass is 16.5. The summed E-state index contributed by atoms with van der Waals surface area (Å²) in [5, 5.41) is 3.42. The fraction of sp³-hybridized carbons (Fsp3) is 0.682. The van der Waals surface area contributed by atoms with Crippen LogP contribution in [0.2, 0.25) is 0 Å². The maximum atomic E-state index is 13.1. The van der Waals surface area contributed by atoms with E-state index < -0.39 is 0 Å². The average molecular weight is 357 g/mol. The van der Waals surface area contributed by atoms with Gasteiger partial charge in [0.05, 0.1) is 13.2 Å². The van der Waals surface area contributed by atoms with Gasteiger partial charge in [-0.3, -0.25) is 4.79 Å². The number of hydrogen-bond donors (Lipinski definition) is 1. The summed E-state index contributed by atoms with van der Waals surface area (Å²) in [6.07, 6.45) is 3.79. The Hall–Kier alpha value is -1.55. The van der Waals surface area contributed by atoms with Crippen molar-refractivity contribution in [2.45, 2.75) is 53.0 Å². The largest absolute Gasteiger partial charge is 0.378 e. The molecule has 1 aromatic carbocycles. The number of rotatable bonds is 3. The third-order valence-corrected chi connectivity index (χ3v) is 7.37. The monoisotopic (exact) mass is 356 g/mol. The number of carbonyl (C=O) groups excluding carboxylic acids is 1. The van der Waals surface area contributed by atoms with Gasteiger partial charge in [-0.1, -0.05) is 26.8 Å². The molecule has 2 saturated carbocycles. The van der Waals surface area contributed by atoms with Crippen LogP contribution in [0.25, 0.3) is 0 Å². The van der Waals surface area contributed by atoms with Crippen molar-refractivity contribution < 1.29 is 9.53 Å². The summed E-state index contributed by atoms with van der Waals surface area (Å²) >= 11 is 0. The number of nitrogens with zero attached hydrogens (tertiary/aromatic N) is 1. The molecule has 1 aliphatic heterocycles. The molecule has 2 bridgehead atoms. The van der Waals surface area contributed by atoms with Crippen LogP contribution in [-0.4, -0.2) is 38.3 Å². The van der Waals surface area contributed by atoms with Gasteiger partial charge < -0.3 is 15.0 Å². The van der Waals surface area contributed by atoms with Crippen LogP contribution in [0.5, 0.6) is 0 Å². The lowest BCUT2D eigenvalue weighted by Crippen LogP contribution is -2.52. The first-order valence-electron chi connectivity index (χ1n) is 10.1. The molecular formula is C22H32N2O2. The highest BCUT2D eigenvalue weighted by molar-refractivity contribution is 5.95. The molecule has 1 N–H and O–H groups in total. The molecule has 2 aliphatic carbocycles. The van der Waals surface area contributed by atoms with E-state index in [0.29, 0.717) is 0 Å². The predicted molar refractivity (Wildman–Crippen MR) is 105 cm³/mol. The number of benzene rings is 1. The quantitative estimate of drug-likeness (QED) is 0.896. The maximum absolute atomic E-state index is 13.1. The molecule has 3 atom stereocenters. The Bertz CT molecular complexity index is 703. The normalized spacial score (nSPS) is 32.7. The number of fused-ring (bicyclic) bond motifs is 2. The van der Waals surface area contributed by atoms with Gasteiger partial charge in [-0.05, 0) is 60.6 Å². The molecule has 1 unspecified atom stereocenters. The van der Waals surface area contributed by atoms with Crippen LogP contribution in [0.15, 0.2) is 18.2 Å². The number of nitrogens with one attached hydrogen (secondary N) is 1. The van der Waals surface area contributed by atoms with Crippen LogP contribution in [0.3, 0.4) is 0 Å². The van der Waals surface area contributed by atoms with Crippen LogP contribution < -0.4 is 10.2 Å². The molecule has 1 amide bonds. The number of carbonyl (C=O) groups is 1. The standard InChI is InChI=1S/C22H32N2O2/c1-15-5-6-16(13-18(15)24-9-11-26-12-10-24)19(25)23-20-21(2,3)17-7-8-22(20,4)14-17/h5-6,13,17,20H,7-12,14H2,1-4H3,(H,23,25)/t17-,20?,22+/m1/s1. The molecule has 1 heterocycles. The summed E-state index contributed by atoms with van der Waals surface area (Å²) in [6, 6.07) is 6.37. The zero-order valence-electron chi connectivity index (χ0n) is 16.6. The van der Waals surface area contributed by atoms with Crippen LogP contribution in [0.1, 0.15) is 56.0 Å². The van der Waals surface area contributed by atoms with Gasteiger partial charge in [0.15, 0.2) is 0 Å². The molecule has 142 valence electrons. The molecule has 26 heavy (non-hydrogen) atoms. The Morgan fingerprint density at radius 1 is 1.23 bits per heavy atom. The lowest BCUT2D eigenvalue weighted by Gasteiger charge is -2.43. The molecule has 1 aromatic rings. The van der Waals surface area contributed by atoms with Gasteiger partial charge in [0.2, 0.25) is 0 Å². The number of amides is 1. The molecule has 0 radical (unpaired) electrons. The average Bonchev–Trinajstić information content (AvgIpc) is 3.11. The van der Waals surface area contributed by atoms with E-state index in [4.69, 9.17) is 4.74 Å². The number of ether oxygens (including phenoxy) is 1. The molecule has 4 rings (SSSR count). The Morgan fingerprint density at radius 3 is 2.62 bits per heavy atom. The number of morpholine rings is 1. The van der Waals surface area contributed by atoms with Crippen LogP contribution in [0.4, 0.5) is 5.69 Å². The van der Waals surface area contributed by atoms with E-state index in [9.17, 15) is 4.79 Å². The second-order valence-corrected chi connectivity index (χ2v) is 9.42. The van der Waals surface area contributed by atoms with E-state index in [0.717, 1.165) is 37.8 Å². The fourth-order valence-corrected chi connectivity index (χ4v) is 5.77. The summed E-state index contributed by atoms with van der Waals surface area (Å²) in [6.45, 7) is 12.4. The third kappa shape index (κ3) is 2.83. The first-order chi connectivity index (χ1) is 12.3. The molecule has 0 aromatic heterocycles. The van der Waals surface area contributed by atoms with Crippen molar-refractivity contribution in [3.05, 3.63) is 29.3 Å². The van der Waals surface area contributed by atoms with Crippen molar-refractivity contribution >= 4 is 11.6 Å². The van der Waals surface area contributed by atoms with Crippen LogP contribution >= 0.6 is 0 Å². The van der Waals surface area contributed by atoms with Gasteiger partial charge in [0.1, 0.15) is 0 Å². The summed E-state index contributed by atoms with van der Waals surface area (Å²) in [5.74, 6) is 0.811. The van der Waals surface area contributed by atoms with Gasteiger partial charge >= 0.3 is 0 Å². The van der Waals surface area contributed by atoms with E-state index in [1.54, 1.807) is 0 Å². The highest BCUT2D eigenvalue weighted by Gasteiger charge is 2.59. The zero-order valence-corrected chi connectivity index (χ0v) is 16.6. The van der Waals surface area contributed by atoms with E-state index >= 15 is 0 Å². The number of hydrogen-bond acceptors (Lipinski definition) is 3. The SMILES string of the molecule is Cc1ccc(C(=O)NC2C(C)(C)[C@@H]3CC[C@@]2(C)C3)cc1N1CCOCC1. The second-order valence-electron chi connectivity index (χ2n) is 9.42. The predicted octanol–water partition coefficient (Wildman–Crippen LogP) is 3.78. The van der Waals surface area contributed by atoms with E-state index in [2.05, 4.69) is 50.0 Å². The van der Waals surface area contributed by atoms with Gasteiger partial charge in [-0.15, -0.1) is 0 Å². The minimum Gasteiger partial charge on any atom is -0.378 e. The van der Waals surface area contributed by atoms with Crippen molar-refractivity contribution in [1.82, 2.24) is 5.32 Å². The molecule has 3 fully saturated rings. The van der Waals surface area contributed by atoms with Crippen LogP contribution in [0, 0.1) is 23.7 Å². The summed E-state index contributed by atoms with van der Waals surface area (Å²) in [5.41, 5.74) is 3.59. The Morgan fingerprint density at radius 2 is 1.96 bits per heavy atom. The zero-order chi connectivity index (χ0) is 18.5. The summed E-state index contributed by atoms with van der Waals surface area (Å²) in [4.78, 5) is 15.4. The van der Waals surface area contributed by atoms with Crippen molar-refractivity contribution in [1.29, 1.82) is 0 Å². The van der Waals surface area contributed by atoms with E-state index in [1.807, 2.05) is 6.07 Å².